The lowest BCUT2D eigenvalue weighted by Crippen LogP contribution is -2.55. The Kier molecular flexibility index (Phi) is 5.97. The van der Waals surface area contributed by atoms with Crippen molar-refractivity contribution < 1.29 is 0 Å². The van der Waals surface area contributed by atoms with E-state index in [9.17, 15) is 0 Å². The average Bonchev–Trinajstić information content (AvgIpc) is 2.89. The van der Waals surface area contributed by atoms with Crippen molar-refractivity contribution in [3.05, 3.63) is 18.0 Å². The fourth-order valence-electron chi connectivity index (χ4n) is 2.89. The van der Waals surface area contributed by atoms with E-state index in [2.05, 4.69) is 56.2 Å². The molecule has 1 heterocycles. The van der Waals surface area contributed by atoms with Crippen LogP contribution in [0.1, 0.15) is 52.6 Å². The summed E-state index contributed by atoms with van der Waals surface area (Å²) in [4.78, 5) is 2.46. The minimum Gasteiger partial charge on any atom is -0.297 e. The van der Waals surface area contributed by atoms with Gasteiger partial charge in [-0.05, 0) is 33.4 Å². The van der Waals surface area contributed by atoms with Gasteiger partial charge in [-0.25, -0.2) is 0 Å². The maximum absolute atomic E-state index is 5.85. The highest BCUT2D eigenvalue weighted by atomic mass is 15.3. The maximum Gasteiger partial charge on any atom is 0.0671 e. The van der Waals surface area contributed by atoms with Crippen LogP contribution in [-0.2, 0) is 6.54 Å². The smallest absolute Gasteiger partial charge is 0.0671 e. The van der Waals surface area contributed by atoms with Gasteiger partial charge in [0.2, 0.25) is 0 Å². The van der Waals surface area contributed by atoms with Crippen molar-refractivity contribution in [1.29, 1.82) is 0 Å². The number of hydrazine groups is 1. The van der Waals surface area contributed by atoms with E-state index in [1.807, 2.05) is 10.9 Å². The fraction of sp³-hybridized carbons (Fsp3) is 0.786. The summed E-state index contributed by atoms with van der Waals surface area (Å²) in [6, 6.07) is 0.0812. The third kappa shape index (κ3) is 3.16. The van der Waals surface area contributed by atoms with E-state index in [0.717, 1.165) is 31.6 Å². The zero-order valence-electron chi connectivity index (χ0n) is 13.0. The molecule has 0 saturated carbocycles. The number of rotatable bonds is 8. The van der Waals surface area contributed by atoms with E-state index in [1.165, 1.54) is 0 Å². The van der Waals surface area contributed by atoms with Crippen LogP contribution in [0.3, 0.4) is 0 Å². The zero-order chi connectivity index (χ0) is 14.5. The van der Waals surface area contributed by atoms with Gasteiger partial charge in [0.1, 0.15) is 0 Å². The highest BCUT2D eigenvalue weighted by molar-refractivity contribution is 5.17. The molecule has 1 aromatic heterocycles. The molecule has 0 saturated heterocycles. The second-order valence-electron chi connectivity index (χ2n) is 5.11. The van der Waals surface area contributed by atoms with E-state index in [4.69, 9.17) is 5.84 Å². The molecule has 5 heteroatoms. The summed E-state index contributed by atoms with van der Waals surface area (Å²) in [5.74, 6) is 5.85. The van der Waals surface area contributed by atoms with Gasteiger partial charge < -0.3 is 0 Å². The summed E-state index contributed by atoms with van der Waals surface area (Å²) in [5.41, 5.74) is 4.14. The van der Waals surface area contributed by atoms with E-state index in [0.29, 0.717) is 0 Å². The molecule has 0 radical (unpaired) electrons. The van der Waals surface area contributed by atoms with E-state index >= 15 is 0 Å². The number of nitrogens with two attached hydrogens (primary N) is 1. The molecule has 0 amide bonds. The molecule has 2 unspecified atom stereocenters. The number of aromatic nitrogens is 2. The Bertz CT molecular complexity index is 372. The topological polar surface area (TPSA) is 59.1 Å². The monoisotopic (exact) mass is 267 g/mol. The molecule has 3 N–H and O–H groups in total. The molecule has 0 spiro atoms. The van der Waals surface area contributed by atoms with Crippen LogP contribution < -0.4 is 11.3 Å². The van der Waals surface area contributed by atoms with E-state index < -0.39 is 0 Å². The molecule has 0 bridgehead atoms. The van der Waals surface area contributed by atoms with Crippen LogP contribution in [0.4, 0.5) is 0 Å². The van der Waals surface area contributed by atoms with Crippen LogP contribution >= 0.6 is 0 Å². The van der Waals surface area contributed by atoms with Gasteiger partial charge in [0, 0.05) is 23.8 Å². The Labute approximate surface area is 117 Å². The molecule has 0 aliphatic carbocycles. The molecule has 19 heavy (non-hydrogen) atoms. The van der Waals surface area contributed by atoms with Gasteiger partial charge in [0.25, 0.3) is 0 Å². The number of likely N-dealkylation sites (N-methyl/N-ethyl adjacent to an activating group) is 1. The first-order chi connectivity index (χ1) is 9.07. The van der Waals surface area contributed by atoms with Gasteiger partial charge in [-0.1, -0.05) is 20.8 Å². The molecule has 110 valence electrons. The van der Waals surface area contributed by atoms with Crippen LogP contribution in [0, 0.1) is 0 Å². The van der Waals surface area contributed by atoms with Crippen molar-refractivity contribution in [2.24, 2.45) is 5.84 Å². The maximum atomic E-state index is 5.85. The van der Waals surface area contributed by atoms with Gasteiger partial charge in [0.15, 0.2) is 0 Å². The van der Waals surface area contributed by atoms with Gasteiger partial charge >= 0.3 is 0 Å². The molecular weight excluding hydrogens is 238 g/mol. The third-order valence-corrected chi connectivity index (χ3v) is 4.30. The first-order valence-corrected chi connectivity index (χ1v) is 7.30. The summed E-state index contributed by atoms with van der Waals surface area (Å²) in [6.07, 6.45) is 5.04. The Balaban J connectivity index is 3.10. The van der Waals surface area contributed by atoms with Crippen LogP contribution in [0.5, 0.6) is 0 Å². The fourth-order valence-corrected chi connectivity index (χ4v) is 2.89. The predicted molar refractivity (Wildman–Crippen MR) is 79.6 cm³/mol. The van der Waals surface area contributed by atoms with E-state index in [-0.39, 0.29) is 11.6 Å². The number of hydrogen-bond acceptors (Lipinski definition) is 4. The first kappa shape index (κ1) is 16.1. The summed E-state index contributed by atoms with van der Waals surface area (Å²) >= 11 is 0. The first-order valence-electron chi connectivity index (χ1n) is 7.30. The number of hydrogen-bond donors (Lipinski definition) is 2. The molecule has 0 aliphatic rings. The number of aryl methyl sites for hydroxylation is 1. The van der Waals surface area contributed by atoms with E-state index in [1.54, 1.807) is 0 Å². The standard InChI is InChI=1S/C14H29N5/c1-6-14(5,18(7-2)8-3)13(17-15)12-10-16-19(9-4)11-12/h10-11,13,17H,6-9,15H2,1-5H3. The van der Waals surface area contributed by atoms with Crippen molar-refractivity contribution in [3.8, 4) is 0 Å². The van der Waals surface area contributed by atoms with Gasteiger partial charge in [-0.3, -0.25) is 20.9 Å². The molecule has 1 rings (SSSR count). The van der Waals surface area contributed by atoms with Crippen molar-refractivity contribution >= 4 is 0 Å². The second kappa shape index (κ2) is 7.03. The Morgan fingerprint density at radius 3 is 2.37 bits per heavy atom. The number of nitrogens with one attached hydrogen (secondary N) is 1. The Hall–Kier alpha value is -0.910. The van der Waals surface area contributed by atoms with Gasteiger partial charge in [0.05, 0.1) is 12.2 Å². The summed E-state index contributed by atoms with van der Waals surface area (Å²) in [7, 11) is 0. The molecule has 1 aromatic rings. The summed E-state index contributed by atoms with van der Waals surface area (Å²) in [6.45, 7) is 13.9. The average molecular weight is 267 g/mol. The minimum atomic E-state index is -0.0140. The van der Waals surface area contributed by atoms with Crippen molar-refractivity contribution in [1.82, 2.24) is 20.1 Å². The Morgan fingerprint density at radius 1 is 1.37 bits per heavy atom. The third-order valence-electron chi connectivity index (χ3n) is 4.30. The molecule has 2 atom stereocenters. The quantitative estimate of drug-likeness (QED) is 0.558. The second-order valence-corrected chi connectivity index (χ2v) is 5.11. The molecule has 0 aliphatic heterocycles. The largest absolute Gasteiger partial charge is 0.297 e. The SMILES string of the molecule is CCN(CC)C(C)(CC)C(NN)c1cnn(CC)c1. The molecule has 0 fully saturated rings. The van der Waals surface area contributed by atoms with Crippen LogP contribution in [-0.4, -0.2) is 33.3 Å². The van der Waals surface area contributed by atoms with Crippen LogP contribution in [0.2, 0.25) is 0 Å². The van der Waals surface area contributed by atoms with Gasteiger partial charge in [-0.15, -0.1) is 0 Å². The highest BCUT2D eigenvalue weighted by Gasteiger charge is 2.38. The minimum absolute atomic E-state index is 0.0140. The normalized spacial score (nSPS) is 16.6. The lowest BCUT2D eigenvalue weighted by molar-refractivity contribution is 0.0698. The van der Waals surface area contributed by atoms with Crippen LogP contribution in [0.15, 0.2) is 12.4 Å². The highest BCUT2D eigenvalue weighted by Crippen LogP contribution is 2.33. The summed E-state index contributed by atoms with van der Waals surface area (Å²) < 4.78 is 1.94. The lowest BCUT2D eigenvalue weighted by atomic mass is 9.84. The van der Waals surface area contributed by atoms with Crippen molar-refractivity contribution in [3.63, 3.8) is 0 Å². The summed E-state index contributed by atoms with van der Waals surface area (Å²) in [5, 5.41) is 4.36. The van der Waals surface area contributed by atoms with Crippen molar-refractivity contribution in [2.75, 3.05) is 13.1 Å². The molecule has 0 aromatic carbocycles. The van der Waals surface area contributed by atoms with Crippen LogP contribution in [0.25, 0.3) is 0 Å². The predicted octanol–water partition coefficient (Wildman–Crippen LogP) is 1.92. The molecular formula is C14H29N5. The van der Waals surface area contributed by atoms with Gasteiger partial charge in [-0.2, -0.15) is 5.10 Å². The lowest BCUT2D eigenvalue weighted by Gasteiger charge is -2.45. The zero-order valence-corrected chi connectivity index (χ0v) is 13.0. The number of nitrogens with zero attached hydrogens (tertiary/aromatic N) is 3. The Morgan fingerprint density at radius 2 is 2.00 bits per heavy atom. The van der Waals surface area contributed by atoms with Crippen molar-refractivity contribution in [2.45, 2.75) is 59.2 Å². The molecule has 5 nitrogen and oxygen atoms in total.